The number of aryl methyl sites for hydroxylation is 2. The summed E-state index contributed by atoms with van der Waals surface area (Å²) in [6, 6.07) is 0.0238. The van der Waals surface area contributed by atoms with Crippen molar-refractivity contribution in [2.75, 3.05) is 6.54 Å². The van der Waals surface area contributed by atoms with E-state index in [-0.39, 0.29) is 24.3 Å². The van der Waals surface area contributed by atoms with Crippen molar-refractivity contribution in [3.63, 3.8) is 0 Å². The van der Waals surface area contributed by atoms with Gasteiger partial charge in [0, 0.05) is 24.6 Å². The van der Waals surface area contributed by atoms with Gasteiger partial charge in [-0.05, 0) is 20.3 Å². The van der Waals surface area contributed by atoms with Gasteiger partial charge in [-0.2, -0.15) is 0 Å². The van der Waals surface area contributed by atoms with Gasteiger partial charge in [0.05, 0.1) is 12.1 Å². The van der Waals surface area contributed by atoms with Crippen LogP contribution in [0, 0.1) is 13.8 Å². The zero-order valence-electron chi connectivity index (χ0n) is 10.6. The first-order valence-corrected chi connectivity index (χ1v) is 6.04. The Bertz CT molecular complexity index is 438. The second-order valence-corrected chi connectivity index (χ2v) is 4.59. The number of amides is 2. The number of hydrogen-bond acceptors (Lipinski definition) is 4. The summed E-state index contributed by atoms with van der Waals surface area (Å²) in [7, 11) is 0. The monoisotopic (exact) mass is 251 g/mol. The zero-order chi connectivity index (χ0) is 13.1. The van der Waals surface area contributed by atoms with E-state index in [2.05, 4.69) is 15.8 Å². The van der Waals surface area contributed by atoms with Gasteiger partial charge in [0.1, 0.15) is 5.76 Å². The Morgan fingerprint density at radius 1 is 1.56 bits per heavy atom. The smallest absolute Gasteiger partial charge is 0.224 e. The lowest BCUT2D eigenvalue weighted by atomic mass is 10.1. The molecule has 2 rings (SSSR count). The van der Waals surface area contributed by atoms with Gasteiger partial charge >= 0.3 is 0 Å². The van der Waals surface area contributed by atoms with Gasteiger partial charge in [0.25, 0.3) is 0 Å². The lowest BCUT2D eigenvalue weighted by Gasteiger charge is -2.23. The molecular weight excluding hydrogens is 234 g/mol. The number of carbonyl (C=O) groups excluding carboxylic acids is 2. The highest BCUT2D eigenvalue weighted by Gasteiger charge is 2.21. The number of carbonyl (C=O) groups is 2. The molecule has 0 spiro atoms. The van der Waals surface area contributed by atoms with Crippen LogP contribution >= 0.6 is 0 Å². The molecule has 18 heavy (non-hydrogen) atoms. The molecule has 1 aliphatic heterocycles. The van der Waals surface area contributed by atoms with E-state index in [1.807, 2.05) is 6.92 Å². The van der Waals surface area contributed by atoms with Crippen molar-refractivity contribution in [2.24, 2.45) is 0 Å². The first-order valence-electron chi connectivity index (χ1n) is 6.04. The standard InChI is InChI=1S/C12H17N3O3/c1-7-10(8(2)18-15-7)5-12(17)14-9-3-4-11(16)13-6-9/h9H,3-6H2,1-2H3,(H,13,16)(H,14,17). The van der Waals surface area contributed by atoms with Crippen LogP contribution in [0.15, 0.2) is 4.52 Å². The van der Waals surface area contributed by atoms with Gasteiger partial charge in [-0.25, -0.2) is 0 Å². The zero-order valence-corrected chi connectivity index (χ0v) is 10.6. The normalized spacial score (nSPS) is 19.4. The summed E-state index contributed by atoms with van der Waals surface area (Å²) >= 11 is 0. The van der Waals surface area contributed by atoms with Crippen LogP contribution < -0.4 is 10.6 Å². The van der Waals surface area contributed by atoms with Crippen LogP contribution in [0.1, 0.15) is 29.9 Å². The predicted octanol–water partition coefficient (Wildman–Crippen LogP) is 0.229. The van der Waals surface area contributed by atoms with Gasteiger partial charge in [0.15, 0.2) is 0 Å². The van der Waals surface area contributed by atoms with Gasteiger partial charge in [-0.15, -0.1) is 0 Å². The maximum Gasteiger partial charge on any atom is 0.224 e. The molecule has 1 saturated heterocycles. The first kappa shape index (κ1) is 12.6. The Hall–Kier alpha value is -1.85. The highest BCUT2D eigenvalue weighted by molar-refractivity contribution is 5.80. The molecule has 0 saturated carbocycles. The van der Waals surface area contributed by atoms with E-state index < -0.39 is 0 Å². The third kappa shape index (κ3) is 2.88. The molecule has 2 heterocycles. The largest absolute Gasteiger partial charge is 0.361 e. The highest BCUT2D eigenvalue weighted by atomic mass is 16.5. The summed E-state index contributed by atoms with van der Waals surface area (Å²) in [6.07, 6.45) is 1.43. The molecule has 1 atom stereocenters. The van der Waals surface area contributed by atoms with E-state index >= 15 is 0 Å². The average molecular weight is 251 g/mol. The minimum absolute atomic E-state index is 0.0238. The summed E-state index contributed by atoms with van der Waals surface area (Å²) in [6.45, 7) is 4.12. The molecule has 2 N–H and O–H groups in total. The number of nitrogens with one attached hydrogen (secondary N) is 2. The molecule has 2 amide bonds. The van der Waals surface area contributed by atoms with Crippen molar-refractivity contribution in [3.8, 4) is 0 Å². The number of aromatic nitrogens is 1. The number of rotatable bonds is 3. The molecule has 6 heteroatoms. The number of hydrogen-bond donors (Lipinski definition) is 2. The van der Waals surface area contributed by atoms with E-state index in [0.717, 1.165) is 11.3 Å². The molecule has 1 aromatic heterocycles. The summed E-state index contributed by atoms with van der Waals surface area (Å²) in [5.74, 6) is 0.663. The van der Waals surface area contributed by atoms with Gasteiger partial charge in [-0.1, -0.05) is 5.16 Å². The molecule has 6 nitrogen and oxygen atoms in total. The molecule has 1 aliphatic rings. The Labute approximate surface area is 105 Å². The van der Waals surface area contributed by atoms with E-state index in [9.17, 15) is 9.59 Å². The third-order valence-corrected chi connectivity index (χ3v) is 3.15. The van der Waals surface area contributed by atoms with Crippen LogP contribution in [0.25, 0.3) is 0 Å². The first-order chi connectivity index (χ1) is 8.56. The molecular formula is C12H17N3O3. The van der Waals surface area contributed by atoms with Crippen molar-refractivity contribution < 1.29 is 14.1 Å². The van der Waals surface area contributed by atoms with E-state index in [4.69, 9.17) is 4.52 Å². The molecule has 1 aromatic rings. The Morgan fingerprint density at radius 2 is 2.33 bits per heavy atom. The van der Waals surface area contributed by atoms with Crippen molar-refractivity contribution in [2.45, 2.75) is 39.2 Å². The van der Waals surface area contributed by atoms with Crippen LogP contribution in [0.3, 0.4) is 0 Å². The Morgan fingerprint density at radius 3 is 2.89 bits per heavy atom. The van der Waals surface area contributed by atoms with Crippen molar-refractivity contribution in [1.82, 2.24) is 15.8 Å². The summed E-state index contributed by atoms with van der Waals surface area (Å²) < 4.78 is 5.01. The summed E-state index contributed by atoms with van der Waals surface area (Å²) in [5, 5.41) is 9.46. The molecule has 98 valence electrons. The highest BCUT2D eigenvalue weighted by Crippen LogP contribution is 2.13. The minimum atomic E-state index is -0.0643. The molecule has 0 aliphatic carbocycles. The molecule has 0 aromatic carbocycles. The molecule has 1 fully saturated rings. The predicted molar refractivity (Wildman–Crippen MR) is 63.9 cm³/mol. The Balaban J connectivity index is 1.87. The lowest BCUT2D eigenvalue weighted by Crippen LogP contribution is -2.48. The minimum Gasteiger partial charge on any atom is -0.361 e. The number of piperidine rings is 1. The SMILES string of the molecule is Cc1noc(C)c1CC(=O)NC1CCC(=O)NC1. The average Bonchev–Trinajstić information content (AvgIpc) is 2.64. The van der Waals surface area contributed by atoms with Gasteiger partial charge in [0.2, 0.25) is 11.8 Å². The van der Waals surface area contributed by atoms with Gasteiger partial charge < -0.3 is 15.2 Å². The molecule has 0 bridgehead atoms. The quantitative estimate of drug-likeness (QED) is 0.805. The van der Waals surface area contributed by atoms with Crippen LogP contribution in [-0.2, 0) is 16.0 Å². The topological polar surface area (TPSA) is 84.2 Å². The van der Waals surface area contributed by atoms with Crippen molar-refractivity contribution in [1.29, 1.82) is 0 Å². The fourth-order valence-electron chi connectivity index (χ4n) is 2.05. The van der Waals surface area contributed by atoms with Crippen LogP contribution in [0.5, 0.6) is 0 Å². The third-order valence-electron chi connectivity index (χ3n) is 3.15. The summed E-state index contributed by atoms with van der Waals surface area (Å²) in [4.78, 5) is 22.9. The molecule has 0 radical (unpaired) electrons. The second kappa shape index (κ2) is 5.20. The summed E-state index contributed by atoms with van der Waals surface area (Å²) in [5.41, 5.74) is 1.59. The maximum atomic E-state index is 11.9. The van der Waals surface area contributed by atoms with Crippen LogP contribution in [0.2, 0.25) is 0 Å². The fourth-order valence-corrected chi connectivity index (χ4v) is 2.05. The van der Waals surface area contributed by atoms with Gasteiger partial charge in [-0.3, -0.25) is 9.59 Å². The second-order valence-electron chi connectivity index (χ2n) is 4.59. The van der Waals surface area contributed by atoms with E-state index in [0.29, 0.717) is 25.1 Å². The molecule has 1 unspecified atom stereocenters. The van der Waals surface area contributed by atoms with Crippen molar-refractivity contribution in [3.05, 3.63) is 17.0 Å². The lowest BCUT2D eigenvalue weighted by molar-refractivity contribution is -0.125. The number of nitrogens with zero attached hydrogens (tertiary/aromatic N) is 1. The van der Waals surface area contributed by atoms with E-state index in [1.54, 1.807) is 6.92 Å². The van der Waals surface area contributed by atoms with E-state index in [1.165, 1.54) is 0 Å². The van der Waals surface area contributed by atoms with Crippen molar-refractivity contribution >= 4 is 11.8 Å². The maximum absolute atomic E-state index is 11.9. The fraction of sp³-hybridized carbons (Fsp3) is 0.583. The van der Waals surface area contributed by atoms with Crippen LogP contribution in [-0.4, -0.2) is 29.6 Å². The van der Waals surface area contributed by atoms with Crippen LogP contribution in [0.4, 0.5) is 0 Å². The Kier molecular flexibility index (Phi) is 3.64.